The number of aliphatic hydroxyl groups is 1. The van der Waals surface area contributed by atoms with E-state index in [4.69, 9.17) is 5.11 Å². The molecule has 1 aliphatic rings. The normalized spacial score (nSPS) is 17.4. The lowest BCUT2D eigenvalue weighted by atomic mass is 10.4. The van der Waals surface area contributed by atoms with Gasteiger partial charge >= 0.3 is 0 Å². The van der Waals surface area contributed by atoms with Crippen molar-refractivity contribution in [2.45, 2.75) is 32.4 Å². The van der Waals surface area contributed by atoms with Crippen LogP contribution >= 0.6 is 0 Å². The van der Waals surface area contributed by atoms with Gasteiger partial charge in [-0.15, -0.1) is 0 Å². The highest BCUT2D eigenvalue weighted by atomic mass is 16.3. The van der Waals surface area contributed by atoms with Crippen LogP contribution in [0.5, 0.6) is 0 Å². The zero-order valence-corrected chi connectivity index (χ0v) is 9.10. The number of hydrogen-bond donors (Lipinski definition) is 1. The molecular formula is C11H19N3O. The summed E-state index contributed by atoms with van der Waals surface area (Å²) in [5, 5.41) is 9.02. The minimum absolute atomic E-state index is 0.0384. The van der Waals surface area contributed by atoms with Crippen molar-refractivity contribution in [1.82, 2.24) is 14.5 Å². The molecule has 0 amide bonds. The maximum Gasteiger partial charge on any atom is 0.134 e. The van der Waals surface area contributed by atoms with Crippen LogP contribution in [0.3, 0.4) is 0 Å². The van der Waals surface area contributed by atoms with Gasteiger partial charge in [-0.1, -0.05) is 0 Å². The van der Waals surface area contributed by atoms with Crippen molar-refractivity contribution in [3.63, 3.8) is 0 Å². The molecule has 1 N–H and O–H groups in total. The Morgan fingerprint density at radius 2 is 2.07 bits per heavy atom. The summed E-state index contributed by atoms with van der Waals surface area (Å²) in [6.45, 7) is 4.69. The van der Waals surface area contributed by atoms with Crippen LogP contribution in [0, 0.1) is 0 Å². The van der Waals surface area contributed by atoms with E-state index in [9.17, 15) is 0 Å². The molecule has 0 unspecified atom stereocenters. The predicted octanol–water partition coefficient (Wildman–Crippen LogP) is 0.861. The summed E-state index contributed by atoms with van der Waals surface area (Å²) in [6, 6.07) is 0. The highest BCUT2D eigenvalue weighted by Gasteiger charge is 2.10. The van der Waals surface area contributed by atoms with Crippen LogP contribution < -0.4 is 0 Å². The van der Waals surface area contributed by atoms with Gasteiger partial charge in [0.05, 0.1) is 0 Å². The fourth-order valence-electron chi connectivity index (χ4n) is 2.17. The third kappa shape index (κ3) is 2.79. The van der Waals surface area contributed by atoms with E-state index in [0.29, 0.717) is 0 Å². The van der Waals surface area contributed by atoms with Crippen molar-refractivity contribution in [1.29, 1.82) is 0 Å². The first-order valence-corrected chi connectivity index (χ1v) is 5.73. The molecular weight excluding hydrogens is 190 g/mol. The maximum absolute atomic E-state index is 9.02. The summed E-state index contributed by atoms with van der Waals surface area (Å²) in [4.78, 5) is 6.59. The largest absolute Gasteiger partial charge is 0.388 e. The molecule has 0 bridgehead atoms. The van der Waals surface area contributed by atoms with Crippen molar-refractivity contribution in [3.8, 4) is 0 Å². The molecule has 2 rings (SSSR count). The number of hydrogen-bond acceptors (Lipinski definition) is 3. The Morgan fingerprint density at radius 3 is 2.80 bits per heavy atom. The molecule has 1 aliphatic heterocycles. The van der Waals surface area contributed by atoms with Crippen molar-refractivity contribution in [2.75, 3.05) is 19.6 Å². The number of likely N-dealkylation sites (tertiary alicyclic amines) is 1. The number of rotatable bonds is 5. The third-order valence-corrected chi connectivity index (χ3v) is 3.02. The van der Waals surface area contributed by atoms with E-state index in [1.807, 2.05) is 10.8 Å². The van der Waals surface area contributed by atoms with E-state index >= 15 is 0 Å². The Labute approximate surface area is 90.5 Å². The van der Waals surface area contributed by atoms with Gasteiger partial charge in [0.25, 0.3) is 0 Å². The van der Waals surface area contributed by atoms with Crippen LogP contribution in [-0.2, 0) is 13.2 Å². The average Bonchev–Trinajstić information content (AvgIpc) is 2.88. The third-order valence-electron chi connectivity index (χ3n) is 3.02. The zero-order chi connectivity index (χ0) is 10.5. The van der Waals surface area contributed by atoms with Gasteiger partial charge in [0.1, 0.15) is 12.4 Å². The molecule has 15 heavy (non-hydrogen) atoms. The highest BCUT2D eigenvalue weighted by molar-refractivity contribution is 4.89. The Bertz CT molecular complexity index is 292. The molecule has 0 radical (unpaired) electrons. The van der Waals surface area contributed by atoms with Crippen molar-refractivity contribution < 1.29 is 5.11 Å². The van der Waals surface area contributed by atoms with Gasteiger partial charge in [0.15, 0.2) is 0 Å². The fourth-order valence-corrected chi connectivity index (χ4v) is 2.17. The van der Waals surface area contributed by atoms with Crippen molar-refractivity contribution in [3.05, 3.63) is 18.2 Å². The first-order chi connectivity index (χ1) is 7.40. The van der Waals surface area contributed by atoms with E-state index in [-0.39, 0.29) is 6.61 Å². The molecule has 1 saturated heterocycles. The lowest BCUT2D eigenvalue weighted by Gasteiger charge is -2.14. The molecule has 0 aromatic carbocycles. The smallest absolute Gasteiger partial charge is 0.134 e. The SMILES string of the molecule is OCc1nccn1CCCN1CCCC1. The molecule has 4 heteroatoms. The van der Waals surface area contributed by atoms with Crippen LogP contribution in [-0.4, -0.2) is 39.2 Å². The molecule has 4 nitrogen and oxygen atoms in total. The van der Waals surface area contributed by atoms with Crippen molar-refractivity contribution >= 4 is 0 Å². The Morgan fingerprint density at radius 1 is 1.27 bits per heavy atom. The molecule has 1 aromatic heterocycles. The summed E-state index contributed by atoms with van der Waals surface area (Å²) < 4.78 is 2.04. The highest BCUT2D eigenvalue weighted by Crippen LogP contribution is 2.08. The van der Waals surface area contributed by atoms with E-state index in [1.54, 1.807) is 6.20 Å². The number of nitrogens with zero attached hydrogens (tertiary/aromatic N) is 3. The lowest BCUT2D eigenvalue weighted by Crippen LogP contribution is -2.21. The minimum atomic E-state index is 0.0384. The van der Waals surface area contributed by atoms with Crippen LogP contribution in [0.1, 0.15) is 25.1 Å². The number of aryl methyl sites for hydroxylation is 1. The summed E-state index contributed by atoms with van der Waals surface area (Å²) in [5.41, 5.74) is 0. The Kier molecular flexibility index (Phi) is 3.75. The molecule has 0 saturated carbocycles. The topological polar surface area (TPSA) is 41.3 Å². The van der Waals surface area contributed by atoms with Crippen LogP contribution in [0.4, 0.5) is 0 Å². The zero-order valence-electron chi connectivity index (χ0n) is 9.10. The van der Waals surface area contributed by atoms with E-state index < -0.39 is 0 Å². The standard InChI is InChI=1S/C11H19N3O/c15-10-11-12-4-9-14(11)8-3-7-13-5-1-2-6-13/h4,9,15H,1-3,5-8,10H2. The minimum Gasteiger partial charge on any atom is -0.388 e. The van der Waals surface area contributed by atoms with Crippen LogP contribution in [0.25, 0.3) is 0 Å². The quantitative estimate of drug-likeness (QED) is 0.782. The molecule has 0 aliphatic carbocycles. The first-order valence-electron chi connectivity index (χ1n) is 5.73. The van der Waals surface area contributed by atoms with E-state index in [1.165, 1.54) is 32.5 Å². The molecule has 2 heterocycles. The molecule has 84 valence electrons. The van der Waals surface area contributed by atoms with Gasteiger partial charge in [-0.2, -0.15) is 0 Å². The summed E-state index contributed by atoms with van der Waals surface area (Å²) >= 11 is 0. The van der Waals surface area contributed by atoms with Crippen molar-refractivity contribution in [2.24, 2.45) is 0 Å². The van der Waals surface area contributed by atoms with E-state index in [2.05, 4.69) is 9.88 Å². The summed E-state index contributed by atoms with van der Waals surface area (Å²) in [5.74, 6) is 0.774. The summed E-state index contributed by atoms with van der Waals surface area (Å²) in [6.07, 6.45) is 7.54. The molecule has 1 fully saturated rings. The monoisotopic (exact) mass is 209 g/mol. The Balaban J connectivity index is 1.73. The van der Waals surface area contributed by atoms with E-state index in [0.717, 1.165) is 18.8 Å². The fraction of sp³-hybridized carbons (Fsp3) is 0.727. The van der Waals surface area contributed by atoms with Gasteiger partial charge in [-0.05, 0) is 38.9 Å². The second-order valence-electron chi connectivity index (χ2n) is 4.10. The molecule has 1 aromatic rings. The lowest BCUT2D eigenvalue weighted by molar-refractivity contribution is 0.262. The van der Waals surface area contributed by atoms with Gasteiger partial charge in [0.2, 0.25) is 0 Å². The van der Waals surface area contributed by atoms with Gasteiger partial charge in [0, 0.05) is 18.9 Å². The average molecular weight is 209 g/mol. The predicted molar refractivity (Wildman–Crippen MR) is 58.4 cm³/mol. The first kappa shape index (κ1) is 10.6. The number of imidazole rings is 1. The van der Waals surface area contributed by atoms with Gasteiger partial charge in [-0.25, -0.2) is 4.98 Å². The second-order valence-corrected chi connectivity index (χ2v) is 4.10. The summed E-state index contributed by atoms with van der Waals surface area (Å²) in [7, 11) is 0. The Hall–Kier alpha value is -0.870. The van der Waals surface area contributed by atoms with Crippen LogP contribution in [0.15, 0.2) is 12.4 Å². The molecule has 0 atom stereocenters. The van der Waals surface area contributed by atoms with Gasteiger partial charge in [-0.3, -0.25) is 0 Å². The number of aromatic nitrogens is 2. The maximum atomic E-state index is 9.02. The number of aliphatic hydroxyl groups excluding tert-OH is 1. The van der Waals surface area contributed by atoms with Crippen LogP contribution in [0.2, 0.25) is 0 Å². The molecule has 0 spiro atoms. The second kappa shape index (κ2) is 5.28. The van der Waals surface area contributed by atoms with Gasteiger partial charge < -0.3 is 14.6 Å².